The highest BCUT2D eigenvalue weighted by Gasteiger charge is 2.41. The minimum Gasteiger partial charge on any atom is -0.478 e. The quantitative estimate of drug-likeness (QED) is 0.805. The highest BCUT2D eigenvalue weighted by atomic mass is 35.5. The normalized spacial score (nSPS) is 16.1. The zero-order valence-corrected chi connectivity index (χ0v) is 11.5. The molecule has 1 aliphatic rings. The Labute approximate surface area is 116 Å². The maximum atomic E-state index is 10.8. The summed E-state index contributed by atoms with van der Waals surface area (Å²) in [5.41, 5.74) is 0.378. The van der Waals surface area contributed by atoms with Crippen LogP contribution >= 0.6 is 11.6 Å². The molecule has 0 saturated heterocycles. The molecule has 1 aliphatic carbocycles. The lowest BCUT2D eigenvalue weighted by molar-refractivity contribution is 0.0696. The van der Waals surface area contributed by atoms with Crippen molar-refractivity contribution in [1.82, 2.24) is 4.98 Å². The van der Waals surface area contributed by atoms with E-state index in [9.17, 15) is 4.79 Å². The molecule has 19 heavy (non-hydrogen) atoms. The molecule has 0 radical (unpaired) electrons. The predicted octanol–water partition coefficient (Wildman–Crippen LogP) is 2.66. The smallest absolute Gasteiger partial charge is 0.337 e. The molecule has 1 aromatic rings. The number of aromatic nitrogens is 1. The second-order valence-electron chi connectivity index (χ2n) is 4.96. The predicted molar refractivity (Wildman–Crippen MR) is 72.9 cm³/mol. The number of rotatable bonds is 7. The molecule has 0 aliphatic heterocycles. The average molecular weight is 285 g/mol. The van der Waals surface area contributed by atoms with E-state index in [1.54, 1.807) is 7.11 Å². The van der Waals surface area contributed by atoms with Crippen molar-refractivity contribution in [3.05, 3.63) is 22.8 Å². The molecular weight excluding hydrogens is 268 g/mol. The summed E-state index contributed by atoms with van der Waals surface area (Å²) in [6.45, 7) is 1.54. The van der Waals surface area contributed by atoms with Gasteiger partial charge >= 0.3 is 5.97 Å². The molecule has 0 bridgehead atoms. The van der Waals surface area contributed by atoms with Gasteiger partial charge in [0.25, 0.3) is 0 Å². The molecule has 104 valence electrons. The Kier molecular flexibility index (Phi) is 4.27. The van der Waals surface area contributed by atoms with Crippen LogP contribution in [0.2, 0.25) is 5.02 Å². The van der Waals surface area contributed by atoms with Crippen LogP contribution in [0, 0.1) is 5.41 Å². The molecule has 0 spiro atoms. The Hall–Kier alpha value is -1.33. The summed E-state index contributed by atoms with van der Waals surface area (Å²) in [6, 6.07) is 1.41. The standard InChI is InChI=1S/C13H17ClN2O3/c1-19-5-4-13(2-3-13)8-16-11-10(14)6-9(7-15-11)12(17)18/h6-7H,2-5,8H2,1H3,(H,15,16)(H,17,18). The summed E-state index contributed by atoms with van der Waals surface area (Å²) in [7, 11) is 1.70. The highest BCUT2D eigenvalue weighted by molar-refractivity contribution is 6.33. The molecular formula is C13H17ClN2O3. The fourth-order valence-corrected chi connectivity index (χ4v) is 2.20. The van der Waals surface area contributed by atoms with Crippen molar-refractivity contribution >= 4 is 23.4 Å². The fraction of sp³-hybridized carbons (Fsp3) is 0.538. The number of hydrogen-bond donors (Lipinski definition) is 2. The van der Waals surface area contributed by atoms with Crippen LogP contribution in [0.25, 0.3) is 0 Å². The topological polar surface area (TPSA) is 71.5 Å². The van der Waals surface area contributed by atoms with E-state index in [0.717, 1.165) is 19.6 Å². The van der Waals surface area contributed by atoms with Crippen LogP contribution < -0.4 is 5.32 Å². The number of pyridine rings is 1. The number of carboxylic acids is 1. The average Bonchev–Trinajstić information content (AvgIpc) is 3.15. The van der Waals surface area contributed by atoms with Gasteiger partial charge in [-0.15, -0.1) is 0 Å². The molecule has 1 saturated carbocycles. The second kappa shape index (κ2) is 5.75. The van der Waals surface area contributed by atoms with Gasteiger partial charge < -0.3 is 15.2 Å². The number of ether oxygens (including phenoxy) is 1. The first-order valence-corrected chi connectivity index (χ1v) is 6.56. The SMILES string of the molecule is COCCC1(CNc2ncc(C(=O)O)cc2Cl)CC1. The van der Waals surface area contributed by atoms with E-state index < -0.39 is 5.97 Å². The first-order valence-electron chi connectivity index (χ1n) is 6.18. The Morgan fingerprint density at radius 2 is 2.37 bits per heavy atom. The van der Waals surface area contributed by atoms with Crippen LogP contribution in [0.4, 0.5) is 5.82 Å². The Bertz CT molecular complexity index is 475. The number of halogens is 1. The summed E-state index contributed by atoms with van der Waals surface area (Å²) in [5, 5.41) is 12.4. The summed E-state index contributed by atoms with van der Waals surface area (Å²) in [6.07, 6.45) is 4.68. The Morgan fingerprint density at radius 1 is 1.63 bits per heavy atom. The van der Waals surface area contributed by atoms with Gasteiger partial charge in [-0.1, -0.05) is 11.6 Å². The number of nitrogens with zero attached hydrogens (tertiary/aromatic N) is 1. The van der Waals surface area contributed by atoms with Crippen LogP contribution in [0.3, 0.4) is 0 Å². The Balaban J connectivity index is 1.95. The van der Waals surface area contributed by atoms with Gasteiger partial charge in [-0.05, 0) is 30.7 Å². The monoisotopic (exact) mass is 284 g/mol. The van der Waals surface area contributed by atoms with Gasteiger partial charge in [0.15, 0.2) is 0 Å². The van der Waals surface area contributed by atoms with Crippen molar-refractivity contribution in [2.24, 2.45) is 5.41 Å². The first-order chi connectivity index (χ1) is 9.06. The van der Waals surface area contributed by atoms with Crippen molar-refractivity contribution in [3.63, 3.8) is 0 Å². The van der Waals surface area contributed by atoms with Crippen LogP contribution in [0.1, 0.15) is 29.6 Å². The van der Waals surface area contributed by atoms with Gasteiger partial charge in [-0.25, -0.2) is 9.78 Å². The third-order valence-electron chi connectivity index (χ3n) is 3.51. The molecule has 0 atom stereocenters. The van der Waals surface area contributed by atoms with Crippen LogP contribution in [0.15, 0.2) is 12.3 Å². The number of methoxy groups -OCH3 is 1. The van der Waals surface area contributed by atoms with Gasteiger partial charge in [0.05, 0.1) is 10.6 Å². The van der Waals surface area contributed by atoms with Crippen LogP contribution in [-0.4, -0.2) is 36.3 Å². The van der Waals surface area contributed by atoms with Crippen LogP contribution in [0.5, 0.6) is 0 Å². The Morgan fingerprint density at radius 3 is 2.89 bits per heavy atom. The van der Waals surface area contributed by atoms with E-state index in [2.05, 4.69) is 10.3 Å². The van der Waals surface area contributed by atoms with E-state index >= 15 is 0 Å². The van der Waals surface area contributed by atoms with Crippen molar-refractivity contribution in [2.75, 3.05) is 25.6 Å². The third-order valence-corrected chi connectivity index (χ3v) is 3.80. The van der Waals surface area contributed by atoms with Gasteiger partial charge in [0.2, 0.25) is 0 Å². The number of anilines is 1. The van der Waals surface area contributed by atoms with Gasteiger partial charge in [0, 0.05) is 26.5 Å². The zero-order valence-electron chi connectivity index (χ0n) is 10.8. The maximum Gasteiger partial charge on any atom is 0.337 e. The van der Waals surface area contributed by atoms with E-state index in [4.69, 9.17) is 21.4 Å². The van der Waals surface area contributed by atoms with Crippen molar-refractivity contribution in [2.45, 2.75) is 19.3 Å². The number of nitrogens with one attached hydrogen (secondary N) is 1. The van der Waals surface area contributed by atoms with E-state index in [-0.39, 0.29) is 11.0 Å². The van der Waals surface area contributed by atoms with Gasteiger partial charge in [-0.2, -0.15) is 0 Å². The lowest BCUT2D eigenvalue weighted by Crippen LogP contribution is -2.18. The van der Waals surface area contributed by atoms with Gasteiger partial charge in [0.1, 0.15) is 5.82 Å². The minimum atomic E-state index is -1.03. The number of carbonyl (C=O) groups is 1. The van der Waals surface area contributed by atoms with E-state index in [1.165, 1.54) is 25.1 Å². The lowest BCUT2D eigenvalue weighted by Gasteiger charge is -2.16. The fourth-order valence-electron chi connectivity index (χ4n) is 1.97. The van der Waals surface area contributed by atoms with Crippen molar-refractivity contribution < 1.29 is 14.6 Å². The number of hydrogen-bond acceptors (Lipinski definition) is 4. The molecule has 1 fully saturated rings. The van der Waals surface area contributed by atoms with E-state index in [1.807, 2.05) is 0 Å². The second-order valence-corrected chi connectivity index (χ2v) is 5.36. The molecule has 6 heteroatoms. The molecule has 1 aromatic heterocycles. The number of carboxylic acid groups (broad SMARTS) is 1. The summed E-state index contributed by atoms with van der Waals surface area (Å²) in [4.78, 5) is 14.8. The maximum absolute atomic E-state index is 10.8. The highest BCUT2D eigenvalue weighted by Crippen LogP contribution is 2.48. The molecule has 0 aromatic carbocycles. The molecule has 0 amide bonds. The molecule has 2 rings (SSSR count). The molecule has 5 nitrogen and oxygen atoms in total. The first kappa shape index (κ1) is 14.1. The number of aromatic carboxylic acids is 1. The zero-order chi connectivity index (χ0) is 13.9. The minimum absolute atomic E-state index is 0.0936. The molecule has 1 heterocycles. The molecule has 0 unspecified atom stereocenters. The van der Waals surface area contributed by atoms with E-state index in [0.29, 0.717) is 10.8 Å². The van der Waals surface area contributed by atoms with Gasteiger partial charge in [-0.3, -0.25) is 0 Å². The van der Waals surface area contributed by atoms with Crippen molar-refractivity contribution in [3.8, 4) is 0 Å². The van der Waals surface area contributed by atoms with Crippen LogP contribution in [-0.2, 0) is 4.74 Å². The molecule has 2 N–H and O–H groups in total. The summed E-state index contributed by atoms with van der Waals surface area (Å²) in [5.74, 6) is -0.491. The third kappa shape index (κ3) is 3.58. The van der Waals surface area contributed by atoms with Crippen molar-refractivity contribution in [1.29, 1.82) is 0 Å². The lowest BCUT2D eigenvalue weighted by atomic mass is 10.0. The largest absolute Gasteiger partial charge is 0.478 e. The summed E-state index contributed by atoms with van der Waals surface area (Å²) < 4.78 is 5.10. The summed E-state index contributed by atoms with van der Waals surface area (Å²) >= 11 is 6.01.